The zero-order chi connectivity index (χ0) is 48.3. The van der Waals surface area contributed by atoms with Crippen LogP contribution in [0, 0.1) is 12.3 Å². The Morgan fingerprint density at radius 3 is 2.21 bits per heavy atom. The summed E-state index contributed by atoms with van der Waals surface area (Å²) in [6.45, 7) is 20.1. The van der Waals surface area contributed by atoms with Crippen LogP contribution in [0.4, 0.5) is 4.79 Å². The number of piperidine rings is 2. The average Bonchev–Trinajstić information content (AvgIpc) is 3.62. The van der Waals surface area contributed by atoms with Gasteiger partial charge in [0, 0.05) is 71.6 Å². The van der Waals surface area contributed by atoms with Crippen LogP contribution in [0.2, 0.25) is 0 Å². The molecule has 18 nitrogen and oxygen atoms in total. The number of carbonyl (C=O) groups is 6. The first-order valence-electron chi connectivity index (χ1n) is 22.9. The Kier molecular flexibility index (Phi) is 17.8. The van der Waals surface area contributed by atoms with Gasteiger partial charge in [-0.05, 0) is 94.4 Å². The van der Waals surface area contributed by atoms with Crippen LogP contribution in [-0.4, -0.2) is 138 Å². The average molecular weight is 924 g/mol. The molecular formula is C48H69N5O13. The van der Waals surface area contributed by atoms with Crippen LogP contribution in [-0.2, 0) is 58.8 Å². The molecule has 18 heteroatoms. The lowest BCUT2D eigenvalue weighted by atomic mass is 9.72. The Hall–Kier alpha value is -5.49. The Morgan fingerprint density at radius 1 is 0.924 bits per heavy atom. The van der Waals surface area contributed by atoms with Crippen molar-refractivity contribution in [2.45, 2.75) is 150 Å². The summed E-state index contributed by atoms with van der Waals surface area (Å²) < 4.78 is 39.8. The molecule has 0 radical (unpaired) electrons. The lowest BCUT2D eigenvalue weighted by Gasteiger charge is -2.47. The third-order valence-electron chi connectivity index (χ3n) is 12.0. The van der Waals surface area contributed by atoms with Crippen molar-refractivity contribution in [1.82, 2.24) is 25.3 Å². The number of aromatic nitrogens is 2. The first kappa shape index (κ1) is 51.5. The summed E-state index contributed by atoms with van der Waals surface area (Å²) in [7, 11) is 0. The van der Waals surface area contributed by atoms with Gasteiger partial charge in [-0.2, -0.15) is 0 Å². The Bertz CT molecular complexity index is 2070. The summed E-state index contributed by atoms with van der Waals surface area (Å²) >= 11 is 0. The minimum atomic E-state index is -1.43. The van der Waals surface area contributed by atoms with E-state index in [9.17, 15) is 28.8 Å². The Morgan fingerprint density at radius 2 is 1.59 bits per heavy atom. The first-order valence-corrected chi connectivity index (χ1v) is 22.9. The summed E-state index contributed by atoms with van der Waals surface area (Å²) in [6, 6.07) is 6.28. The Balaban J connectivity index is 1.22. The first-order chi connectivity index (χ1) is 31.1. The third kappa shape index (κ3) is 14.8. The number of likely N-dealkylation sites (tertiary alicyclic amines) is 2. The molecule has 3 aliphatic rings. The van der Waals surface area contributed by atoms with Gasteiger partial charge in [0.1, 0.15) is 24.9 Å². The third-order valence-corrected chi connectivity index (χ3v) is 12.0. The number of amides is 2. The number of nitrogens with zero attached hydrogens (tertiary/aromatic N) is 3. The minimum Gasteiger partial charge on any atom is -0.463 e. The molecule has 66 heavy (non-hydrogen) atoms. The molecule has 364 valence electrons. The number of nitrogens with one attached hydrogen (secondary N) is 2. The number of aromatic amines is 1. The summed E-state index contributed by atoms with van der Waals surface area (Å²) in [6.07, 6.45) is 2.56. The fourth-order valence-electron chi connectivity index (χ4n) is 8.90. The van der Waals surface area contributed by atoms with Crippen molar-refractivity contribution in [3.05, 3.63) is 52.2 Å². The molecule has 2 amide bonds. The van der Waals surface area contributed by atoms with Crippen molar-refractivity contribution in [1.29, 1.82) is 0 Å². The van der Waals surface area contributed by atoms with E-state index in [0.29, 0.717) is 19.5 Å². The molecule has 3 aliphatic heterocycles. The molecule has 1 spiro atoms. The van der Waals surface area contributed by atoms with Gasteiger partial charge >= 0.3 is 30.0 Å². The highest BCUT2D eigenvalue weighted by Crippen LogP contribution is 2.40. The van der Waals surface area contributed by atoms with Crippen LogP contribution in [0.3, 0.4) is 0 Å². The van der Waals surface area contributed by atoms with Gasteiger partial charge in [0.15, 0.2) is 12.2 Å². The topological polar surface area (TPSA) is 214 Å². The molecule has 0 unspecified atom stereocenters. The van der Waals surface area contributed by atoms with Gasteiger partial charge < -0.3 is 48.3 Å². The zero-order valence-corrected chi connectivity index (χ0v) is 40.2. The minimum absolute atomic E-state index is 0.00866. The van der Waals surface area contributed by atoms with Crippen LogP contribution in [0.1, 0.15) is 128 Å². The highest BCUT2D eigenvalue weighted by molar-refractivity contribution is 5.82. The fourth-order valence-corrected chi connectivity index (χ4v) is 8.90. The van der Waals surface area contributed by atoms with Gasteiger partial charge in [0.25, 0.3) is 0 Å². The predicted molar refractivity (Wildman–Crippen MR) is 241 cm³/mol. The number of hydrogen-bond donors (Lipinski definition) is 2. The second-order valence-electron chi connectivity index (χ2n) is 18.9. The summed E-state index contributed by atoms with van der Waals surface area (Å²) in [5.74, 6) is -2.75. The van der Waals surface area contributed by atoms with Gasteiger partial charge in [-0.3, -0.25) is 29.1 Å². The summed E-state index contributed by atoms with van der Waals surface area (Å²) in [4.78, 5) is 78.1. The predicted octanol–water partition coefficient (Wildman–Crippen LogP) is 5.53. The maximum Gasteiger partial charge on any atom is 0.408 e. The largest absolute Gasteiger partial charge is 0.463 e. The van der Waals surface area contributed by atoms with Crippen molar-refractivity contribution in [3.8, 4) is 5.88 Å². The van der Waals surface area contributed by atoms with E-state index in [4.69, 9.17) is 33.2 Å². The molecule has 4 heterocycles. The van der Waals surface area contributed by atoms with Crippen molar-refractivity contribution in [2.75, 3.05) is 45.9 Å². The van der Waals surface area contributed by atoms with Crippen LogP contribution < -0.4 is 10.1 Å². The molecular weight excluding hydrogens is 855 g/mol. The Labute approximate surface area is 387 Å². The maximum absolute atomic E-state index is 12.8. The van der Waals surface area contributed by atoms with Crippen molar-refractivity contribution in [3.63, 3.8) is 0 Å². The molecule has 0 aliphatic carbocycles. The molecule has 0 bridgehead atoms. The number of H-pyrrole nitrogens is 1. The van der Waals surface area contributed by atoms with Crippen molar-refractivity contribution >= 4 is 42.0 Å². The molecule has 2 aromatic rings. The zero-order valence-electron chi connectivity index (χ0n) is 40.2. The molecule has 5 rings (SSSR count). The van der Waals surface area contributed by atoms with Gasteiger partial charge in [0.05, 0.1) is 0 Å². The number of benzene rings is 1. The number of hydrogen-bond acceptors (Lipinski definition) is 15. The smallest absolute Gasteiger partial charge is 0.408 e. The highest BCUT2D eigenvalue weighted by Gasteiger charge is 2.54. The van der Waals surface area contributed by atoms with Crippen LogP contribution in [0.15, 0.2) is 24.3 Å². The highest BCUT2D eigenvalue weighted by atomic mass is 16.7. The molecule has 3 saturated heterocycles. The molecule has 1 aromatic carbocycles. The summed E-state index contributed by atoms with van der Waals surface area (Å²) in [5, 5.41) is 10.2. The second kappa shape index (κ2) is 22.8. The van der Waals surface area contributed by atoms with E-state index in [1.165, 1.54) is 13.8 Å². The number of carbonyl (C=O) groups excluding carboxylic acids is 6. The number of ether oxygens (including phenoxy) is 7. The summed E-state index contributed by atoms with van der Waals surface area (Å²) in [5.41, 5.74) is 4.25. The number of rotatable bonds is 16. The number of alkyl carbamates (subject to hydrolysis) is 1. The van der Waals surface area contributed by atoms with E-state index in [1.807, 2.05) is 25.7 Å². The van der Waals surface area contributed by atoms with E-state index in [2.05, 4.69) is 50.8 Å². The second-order valence-corrected chi connectivity index (χ2v) is 18.9. The van der Waals surface area contributed by atoms with Crippen LogP contribution in [0.25, 0.3) is 6.08 Å². The van der Waals surface area contributed by atoms with Gasteiger partial charge in [0.2, 0.25) is 24.2 Å². The molecule has 5 atom stereocenters. The van der Waals surface area contributed by atoms with Gasteiger partial charge in [-0.1, -0.05) is 44.2 Å². The molecule has 3 fully saturated rings. The van der Waals surface area contributed by atoms with E-state index in [0.717, 1.165) is 93.5 Å². The molecule has 1 aromatic heterocycles. The van der Waals surface area contributed by atoms with Crippen LogP contribution in [0.5, 0.6) is 5.88 Å². The standard InChI is InChI=1S/C48H69N5O13/c1-29(2)40-37(44(51-50-40)65-45-43(63-34(7)57)42(62-33(6)56)41(61-32(5)55)38(64-45)27-60-31(4)54)25-36-16-15-35(24-30(36)3)14-11-12-20-52-21-13-17-48(28-52)18-22-53(23-19-48)39(58)26-49-46(59)66-47(8,9)10/h11,14-16,24,29,38,41-43,45H,12-13,17-23,25-28H2,1-10H3,(H,49,59)(H,50,51)/b14-11+/t38-,41-,42+,43-,45+/m1/s1. The van der Waals surface area contributed by atoms with Crippen LogP contribution >= 0.6 is 0 Å². The van der Waals surface area contributed by atoms with Gasteiger partial charge in [-0.15, -0.1) is 5.10 Å². The number of aryl methyl sites for hydroxylation is 1. The van der Waals surface area contributed by atoms with Gasteiger partial charge in [-0.25, -0.2) is 4.79 Å². The van der Waals surface area contributed by atoms with E-state index in [1.54, 1.807) is 20.8 Å². The SMILES string of the molecule is CC(=O)OC[C@H]1O[C@@H](Oc2n[nH]c(C(C)C)c2Cc2ccc(/C=C/CCN3CCCC4(CCN(C(=O)CNC(=O)OC(C)(C)C)CC4)C3)cc2C)[C@H](OC(C)=O)[C@@H](OC(C)=O)[C@@H]1OC(C)=O. The fraction of sp³-hybridized carbons (Fsp3) is 0.646. The molecule has 0 saturated carbocycles. The van der Waals surface area contributed by atoms with E-state index >= 15 is 0 Å². The van der Waals surface area contributed by atoms with E-state index < -0.39 is 66.3 Å². The molecule has 2 N–H and O–H groups in total. The van der Waals surface area contributed by atoms with Crippen molar-refractivity contribution in [2.24, 2.45) is 5.41 Å². The normalized spacial score (nSPS) is 22.2. The lowest BCUT2D eigenvalue weighted by molar-refractivity contribution is -0.289. The van der Waals surface area contributed by atoms with Crippen molar-refractivity contribution < 1.29 is 61.9 Å². The lowest BCUT2D eigenvalue weighted by Crippen LogP contribution is -2.63. The number of esters is 4. The maximum atomic E-state index is 12.8. The monoisotopic (exact) mass is 923 g/mol. The quantitative estimate of drug-likeness (QED) is 0.157. The van der Waals surface area contributed by atoms with E-state index in [-0.39, 0.29) is 36.3 Å².